The summed E-state index contributed by atoms with van der Waals surface area (Å²) >= 11 is 4.64. The van der Waals surface area contributed by atoms with Crippen molar-refractivity contribution in [2.45, 2.75) is 104 Å². The molecule has 0 aliphatic rings. The summed E-state index contributed by atoms with van der Waals surface area (Å²) in [4.78, 5) is 0. The zero-order valence-corrected chi connectivity index (χ0v) is 38.9. The first-order chi connectivity index (χ1) is 23.9. The predicted molar refractivity (Wildman–Crippen MR) is 245 cm³/mol. The lowest BCUT2D eigenvalue weighted by Crippen LogP contribution is -2.32. The second kappa shape index (κ2) is 14.5. The molecule has 8 heteroatoms. The summed E-state index contributed by atoms with van der Waals surface area (Å²) in [5, 5.41) is 0.971. The fourth-order valence-corrected chi connectivity index (χ4v) is 16.5. The summed E-state index contributed by atoms with van der Waals surface area (Å²) in [7, 11) is -5.48. The minimum Gasteiger partial charge on any atom is -0.299 e. The monoisotopic (exact) mass is 958 g/mol. The van der Waals surface area contributed by atoms with Crippen molar-refractivity contribution >= 4 is 81.6 Å². The molecule has 4 aromatic carbocycles. The fraction of sp³-hybridized carbons (Fsp3) is 0.364. The highest BCUT2D eigenvalue weighted by Gasteiger charge is 2.49. The normalized spacial score (nSPS) is 13.3. The quantitative estimate of drug-likeness (QED) is 0.131. The highest BCUT2D eigenvalue weighted by atomic mass is 127. The standard InChI is InChI=1S/2C22H27INOP/c2*1-21(2,3)26(25,22(4,5)6)24-14-13-17-7-8-18(15-20(17)24)16-9-11-19(23)12-10-16/h2*7-15H,1-6H3. The molecule has 6 rings (SSSR count). The third-order valence-electron chi connectivity index (χ3n) is 9.94. The first kappa shape index (κ1) is 41.1. The minimum atomic E-state index is -2.74. The highest BCUT2D eigenvalue weighted by molar-refractivity contribution is 14.1. The number of nitrogens with zero attached hydrogens (tertiary/aromatic N) is 2. The molecule has 6 aromatic rings. The topological polar surface area (TPSA) is 44.0 Å². The van der Waals surface area contributed by atoms with Crippen molar-refractivity contribution in [1.29, 1.82) is 0 Å². The molecule has 0 radical (unpaired) electrons. The molecule has 0 aliphatic heterocycles. The Kier molecular flexibility index (Phi) is 11.5. The smallest absolute Gasteiger partial charge is 0.186 e. The molecule has 276 valence electrons. The Morgan fingerprint density at radius 2 is 0.673 bits per heavy atom. The average Bonchev–Trinajstić information content (AvgIpc) is 3.67. The van der Waals surface area contributed by atoms with Gasteiger partial charge in [0.2, 0.25) is 0 Å². The molecule has 0 fully saturated rings. The summed E-state index contributed by atoms with van der Waals surface area (Å²) in [6.45, 7) is 25.1. The van der Waals surface area contributed by atoms with Crippen molar-refractivity contribution in [3.8, 4) is 22.3 Å². The van der Waals surface area contributed by atoms with Crippen molar-refractivity contribution in [3.63, 3.8) is 0 Å². The van der Waals surface area contributed by atoms with Crippen LogP contribution in [0.5, 0.6) is 0 Å². The molecule has 52 heavy (non-hydrogen) atoms. The van der Waals surface area contributed by atoms with E-state index >= 15 is 0 Å². The van der Waals surface area contributed by atoms with Crippen LogP contribution in [0.15, 0.2) is 109 Å². The van der Waals surface area contributed by atoms with E-state index in [4.69, 9.17) is 0 Å². The van der Waals surface area contributed by atoms with Gasteiger partial charge in [0, 0.05) is 40.2 Å². The van der Waals surface area contributed by atoms with Crippen LogP contribution in [0, 0.1) is 7.14 Å². The molecule has 0 spiro atoms. The first-order valence-electron chi connectivity index (χ1n) is 17.9. The summed E-state index contributed by atoms with van der Waals surface area (Å²) in [6.07, 6.45) is 4.03. The molecule has 0 amide bonds. The molecule has 4 nitrogen and oxygen atoms in total. The average molecular weight is 959 g/mol. The number of rotatable bonds is 4. The predicted octanol–water partition coefficient (Wildman–Crippen LogP) is 15.3. The molecule has 0 aliphatic carbocycles. The molecule has 0 saturated carbocycles. The highest BCUT2D eigenvalue weighted by Crippen LogP contribution is 2.69. The van der Waals surface area contributed by atoms with Crippen molar-refractivity contribution in [2.24, 2.45) is 0 Å². The van der Waals surface area contributed by atoms with Gasteiger partial charge in [-0.05, 0) is 127 Å². The Morgan fingerprint density at radius 1 is 0.404 bits per heavy atom. The van der Waals surface area contributed by atoms with Gasteiger partial charge in [0.25, 0.3) is 0 Å². The van der Waals surface area contributed by atoms with Gasteiger partial charge in [0.05, 0.1) is 11.0 Å². The van der Waals surface area contributed by atoms with Crippen molar-refractivity contribution in [1.82, 2.24) is 8.68 Å². The van der Waals surface area contributed by atoms with Gasteiger partial charge in [-0.25, -0.2) is 0 Å². The maximum Gasteiger partial charge on any atom is 0.186 e. The molecule has 2 aromatic heterocycles. The molecule has 0 atom stereocenters. The van der Waals surface area contributed by atoms with E-state index in [-0.39, 0.29) is 20.6 Å². The molecular weight excluding hydrogens is 904 g/mol. The van der Waals surface area contributed by atoms with E-state index in [9.17, 15) is 9.13 Å². The first-order valence-corrected chi connectivity index (χ1v) is 23.3. The number of benzene rings is 4. The van der Waals surface area contributed by atoms with Gasteiger partial charge < -0.3 is 0 Å². The third-order valence-corrected chi connectivity index (χ3v) is 20.6. The van der Waals surface area contributed by atoms with E-state index in [1.165, 1.54) is 18.3 Å². The van der Waals surface area contributed by atoms with Crippen molar-refractivity contribution in [2.75, 3.05) is 0 Å². The maximum absolute atomic E-state index is 14.4. The van der Waals surface area contributed by atoms with Crippen LogP contribution in [0.3, 0.4) is 0 Å². The van der Waals surface area contributed by atoms with Gasteiger partial charge >= 0.3 is 0 Å². The molecule has 2 heterocycles. The van der Waals surface area contributed by atoms with E-state index in [0.717, 1.165) is 32.9 Å². The number of halogens is 2. The van der Waals surface area contributed by atoms with E-state index in [1.54, 1.807) is 0 Å². The molecule has 0 bridgehead atoms. The van der Waals surface area contributed by atoms with Crippen LogP contribution < -0.4 is 0 Å². The third kappa shape index (κ3) is 7.57. The lowest BCUT2D eigenvalue weighted by Gasteiger charge is -2.42. The van der Waals surface area contributed by atoms with Gasteiger partial charge in [-0.3, -0.25) is 17.8 Å². The Bertz CT molecular complexity index is 2100. The van der Waals surface area contributed by atoms with E-state index in [0.29, 0.717) is 0 Å². The Hall–Kier alpha value is -2.12. The summed E-state index contributed by atoms with van der Waals surface area (Å²) < 4.78 is 35.4. The van der Waals surface area contributed by atoms with Crippen LogP contribution in [0.2, 0.25) is 0 Å². The maximum atomic E-state index is 14.4. The summed E-state index contributed by atoms with van der Waals surface area (Å²) in [6, 6.07) is 34.1. The van der Waals surface area contributed by atoms with Gasteiger partial charge in [-0.15, -0.1) is 0 Å². The van der Waals surface area contributed by atoms with Crippen molar-refractivity contribution < 1.29 is 9.13 Å². The van der Waals surface area contributed by atoms with E-state index in [1.807, 2.05) is 12.4 Å². The lowest BCUT2D eigenvalue weighted by molar-refractivity contribution is 0.509. The van der Waals surface area contributed by atoms with Crippen LogP contribution in [-0.4, -0.2) is 29.3 Å². The van der Waals surface area contributed by atoms with Crippen LogP contribution in [-0.2, 0) is 9.13 Å². The van der Waals surface area contributed by atoms with E-state index in [2.05, 4.69) is 234 Å². The molecule has 0 N–H and O–H groups in total. The van der Waals surface area contributed by atoms with Crippen molar-refractivity contribution in [3.05, 3.63) is 117 Å². The summed E-state index contributed by atoms with van der Waals surface area (Å²) in [5.74, 6) is 0. The second-order valence-electron chi connectivity index (χ2n) is 17.7. The van der Waals surface area contributed by atoms with Gasteiger partial charge in [-0.2, -0.15) is 0 Å². The lowest BCUT2D eigenvalue weighted by atomic mass is 10.0. The van der Waals surface area contributed by atoms with Crippen LogP contribution in [0.25, 0.3) is 44.1 Å². The second-order valence-corrected chi connectivity index (χ2v) is 28.7. The number of hydrogen-bond donors (Lipinski definition) is 0. The minimum absolute atomic E-state index is 0.323. The van der Waals surface area contributed by atoms with Gasteiger partial charge in [0.1, 0.15) is 0 Å². The SMILES string of the molecule is CC(C)(C)P(=O)(n1ccc2ccc(-c3ccc(I)cc3)cc21)C(C)(C)C.CC(C)(C)P(=O)(n1ccc2ccc(-c3ccc(I)cc3)cc21)C(C)(C)C. The van der Waals surface area contributed by atoms with Crippen LogP contribution in [0.1, 0.15) is 83.1 Å². The zero-order chi connectivity index (χ0) is 38.7. The fourth-order valence-electron chi connectivity index (χ4n) is 7.67. The van der Waals surface area contributed by atoms with Crippen LogP contribution >= 0.6 is 59.8 Å². The van der Waals surface area contributed by atoms with Gasteiger partial charge in [0.15, 0.2) is 14.6 Å². The Morgan fingerprint density at radius 3 is 0.942 bits per heavy atom. The molecular formula is C44H54I2N2O2P2. The number of hydrogen-bond acceptors (Lipinski definition) is 2. The molecule has 0 unspecified atom stereocenters. The largest absolute Gasteiger partial charge is 0.299 e. The molecule has 0 saturated heterocycles. The zero-order valence-electron chi connectivity index (χ0n) is 32.8. The number of fused-ring (bicyclic) bond motifs is 2. The summed E-state index contributed by atoms with van der Waals surface area (Å²) in [5.41, 5.74) is 6.78. The Labute approximate surface area is 339 Å². The Balaban J connectivity index is 0.000000201. The number of aromatic nitrogens is 2. The van der Waals surface area contributed by atoms with E-state index < -0.39 is 14.6 Å². The van der Waals surface area contributed by atoms with Gasteiger partial charge in [-0.1, -0.05) is 132 Å². The van der Waals surface area contributed by atoms with Crippen LogP contribution in [0.4, 0.5) is 0 Å².